The number of nitrogens with zero attached hydrogens (tertiary/aromatic N) is 2. The Bertz CT molecular complexity index is 489. The Morgan fingerprint density at radius 2 is 2.25 bits per heavy atom. The van der Waals surface area contributed by atoms with Gasteiger partial charge in [-0.05, 0) is 41.9 Å². The number of halogens is 1. The summed E-state index contributed by atoms with van der Waals surface area (Å²) in [5.74, 6) is 0.898. The topological polar surface area (TPSA) is 43.0 Å². The molecule has 1 N–H and O–H groups in total. The van der Waals surface area contributed by atoms with Crippen LogP contribution in [0.4, 0.5) is 5.69 Å². The van der Waals surface area contributed by atoms with Crippen LogP contribution in [-0.2, 0) is 7.05 Å². The van der Waals surface area contributed by atoms with Crippen LogP contribution in [0.15, 0.2) is 27.4 Å². The number of rotatable bonds is 3. The average molecular weight is 284 g/mol. The molecule has 2 rings (SSSR count). The van der Waals surface area contributed by atoms with Gasteiger partial charge in [0.15, 0.2) is 4.67 Å². The van der Waals surface area contributed by atoms with E-state index in [2.05, 4.69) is 33.3 Å². The highest BCUT2D eigenvalue weighted by atomic mass is 79.9. The SMILES string of the molecule is Cc1c(N[C@@H](C)c2ccc(Br)o2)cnn1C. The van der Waals surface area contributed by atoms with Gasteiger partial charge in [0.05, 0.1) is 23.6 Å². The third kappa shape index (κ3) is 2.14. The lowest BCUT2D eigenvalue weighted by molar-refractivity contribution is 0.471. The molecule has 86 valence electrons. The molecule has 0 aliphatic carbocycles. The van der Waals surface area contributed by atoms with E-state index in [1.54, 1.807) is 0 Å². The molecule has 1 atom stereocenters. The number of anilines is 1. The minimum Gasteiger partial charge on any atom is -0.452 e. The summed E-state index contributed by atoms with van der Waals surface area (Å²) in [6.07, 6.45) is 1.82. The molecule has 4 nitrogen and oxygen atoms in total. The van der Waals surface area contributed by atoms with E-state index in [4.69, 9.17) is 4.42 Å². The van der Waals surface area contributed by atoms with E-state index in [0.717, 1.165) is 21.8 Å². The van der Waals surface area contributed by atoms with Crippen molar-refractivity contribution in [2.75, 3.05) is 5.32 Å². The van der Waals surface area contributed by atoms with Crippen molar-refractivity contribution >= 4 is 21.6 Å². The van der Waals surface area contributed by atoms with Gasteiger partial charge >= 0.3 is 0 Å². The van der Waals surface area contributed by atoms with Crippen molar-refractivity contribution in [2.45, 2.75) is 19.9 Å². The van der Waals surface area contributed by atoms with Crippen LogP contribution in [0.1, 0.15) is 24.4 Å². The Labute approximate surface area is 103 Å². The molecule has 0 fully saturated rings. The van der Waals surface area contributed by atoms with Crippen molar-refractivity contribution < 1.29 is 4.42 Å². The lowest BCUT2D eigenvalue weighted by Gasteiger charge is -2.11. The molecule has 0 saturated carbocycles. The molecule has 0 radical (unpaired) electrons. The minimum absolute atomic E-state index is 0.120. The van der Waals surface area contributed by atoms with Crippen molar-refractivity contribution in [3.05, 3.63) is 34.5 Å². The van der Waals surface area contributed by atoms with Gasteiger partial charge in [-0.2, -0.15) is 5.10 Å². The van der Waals surface area contributed by atoms with Gasteiger partial charge in [-0.3, -0.25) is 4.68 Å². The smallest absolute Gasteiger partial charge is 0.169 e. The normalized spacial score (nSPS) is 12.8. The summed E-state index contributed by atoms with van der Waals surface area (Å²) < 4.78 is 8.08. The average Bonchev–Trinajstić information content (AvgIpc) is 2.79. The zero-order valence-corrected chi connectivity index (χ0v) is 11.1. The molecule has 0 unspecified atom stereocenters. The monoisotopic (exact) mass is 283 g/mol. The van der Waals surface area contributed by atoms with Crippen LogP contribution >= 0.6 is 15.9 Å². The first-order chi connectivity index (χ1) is 7.58. The van der Waals surface area contributed by atoms with Gasteiger partial charge in [-0.1, -0.05) is 0 Å². The fourth-order valence-electron chi connectivity index (χ4n) is 1.51. The van der Waals surface area contributed by atoms with Crippen LogP contribution < -0.4 is 5.32 Å². The summed E-state index contributed by atoms with van der Waals surface area (Å²) in [5, 5.41) is 7.55. The van der Waals surface area contributed by atoms with Gasteiger partial charge in [-0.15, -0.1) is 0 Å². The standard InChI is InChI=1S/C11H14BrN3O/c1-7(10-4-5-11(12)16-10)14-9-6-13-15(3)8(9)2/h4-7,14H,1-3H3/t7-/m0/s1. The Morgan fingerprint density at radius 3 is 2.75 bits per heavy atom. The Balaban J connectivity index is 2.13. The van der Waals surface area contributed by atoms with Crippen molar-refractivity contribution in [3.8, 4) is 0 Å². The van der Waals surface area contributed by atoms with Crippen molar-refractivity contribution in [1.29, 1.82) is 0 Å². The van der Waals surface area contributed by atoms with Crippen molar-refractivity contribution in [1.82, 2.24) is 9.78 Å². The molecule has 5 heteroatoms. The third-order valence-corrected chi connectivity index (χ3v) is 3.05. The maximum Gasteiger partial charge on any atom is 0.169 e. The molecular formula is C11H14BrN3O. The van der Waals surface area contributed by atoms with E-state index in [0.29, 0.717) is 0 Å². The fraction of sp³-hybridized carbons (Fsp3) is 0.364. The van der Waals surface area contributed by atoms with Crippen LogP contribution in [0.3, 0.4) is 0 Å². The predicted molar refractivity (Wildman–Crippen MR) is 66.4 cm³/mol. The van der Waals surface area contributed by atoms with Gasteiger partial charge < -0.3 is 9.73 Å². The molecule has 0 amide bonds. The lowest BCUT2D eigenvalue weighted by atomic mass is 10.2. The van der Waals surface area contributed by atoms with E-state index >= 15 is 0 Å². The summed E-state index contributed by atoms with van der Waals surface area (Å²) in [7, 11) is 1.93. The number of aromatic nitrogens is 2. The maximum absolute atomic E-state index is 5.49. The molecule has 0 saturated heterocycles. The number of furan rings is 1. The van der Waals surface area contributed by atoms with Crippen molar-refractivity contribution in [2.24, 2.45) is 7.05 Å². The Hall–Kier alpha value is -1.23. The van der Waals surface area contributed by atoms with Crippen LogP contribution in [0, 0.1) is 6.92 Å². The van der Waals surface area contributed by atoms with E-state index in [9.17, 15) is 0 Å². The molecule has 2 aromatic rings. The molecule has 2 heterocycles. The molecule has 0 aliphatic rings. The van der Waals surface area contributed by atoms with Gasteiger partial charge in [0, 0.05) is 7.05 Å². The largest absolute Gasteiger partial charge is 0.452 e. The molecular weight excluding hydrogens is 270 g/mol. The van der Waals surface area contributed by atoms with Crippen LogP contribution in [0.2, 0.25) is 0 Å². The van der Waals surface area contributed by atoms with Crippen LogP contribution in [-0.4, -0.2) is 9.78 Å². The molecule has 0 aromatic carbocycles. The van der Waals surface area contributed by atoms with Crippen molar-refractivity contribution in [3.63, 3.8) is 0 Å². The van der Waals surface area contributed by atoms with E-state index in [1.807, 2.05) is 37.0 Å². The first-order valence-corrected chi connectivity index (χ1v) is 5.87. The molecule has 0 aliphatic heterocycles. The molecule has 16 heavy (non-hydrogen) atoms. The predicted octanol–water partition coefficient (Wildman–Crippen LogP) is 3.26. The number of hydrogen-bond donors (Lipinski definition) is 1. The summed E-state index contributed by atoms with van der Waals surface area (Å²) in [6, 6.07) is 3.96. The Morgan fingerprint density at radius 1 is 1.50 bits per heavy atom. The molecule has 0 spiro atoms. The summed E-state index contributed by atoms with van der Waals surface area (Å²) in [4.78, 5) is 0. The quantitative estimate of drug-likeness (QED) is 0.940. The van der Waals surface area contributed by atoms with Gasteiger partial charge in [0.25, 0.3) is 0 Å². The van der Waals surface area contributed by atoms with Crippen LogP contribution in [0.5, 0.6) is 0 Å². The number of nitrogens with one attached hydrogen (secondary N) is 1. The van der Waals surface area contributed by atoms with E-state index < -0.39 is 0 Å². The molecule has 2 aromatic heterocycles. The summed E-state index contributed by atoms with van der Waals surface area (Å²) in [5.41, 5.74) is 2.14. The first kappa shape index (κ1) is 11.3. The maximum atomic E-state index is 5.49. The minimum atomic E-state index is 0.120. The second kappa shape index (κ2) is 4.33. The highest BCUT2D eigenvalue weighted by Crippen LogP contribution is 2.24. The third-order valence-electron chi connectivity index (χ3n) is 2.63. The van der Waals surface area contributed by atoms with E-state index in [-0.39, 0.29) is 6.04 Å². The highest BCUT2D eigenvalue weighted by molar-refractivity contribution is 9.10. The summed E-state index contributed by atoms with van der Waals surface area (Å²) in [6.45, 7) is 4.08. The summed E-state index contributed by atoms with van der Waals surface area (Å²) >= 11 is 3.29. The van der Waals surface area contributed by atoms with Crippen LogP contribution in [0.25, 0.3) is 0 Å². The second-order valence-corrected chi connectivity index (χ2v) is 4.56. The Kier molecular flexibility index (Phi) is 3.05. The number of aryl methyl sites for hydroxylation is 1. The molecule has 0 bridgehead atoms. The van der Waals surface area contributed by atoms with E-state index in [1.165, 1.54) is 0 Å². The fourth-order valence-corrected chi connectivity index (χ4v) is 1.82. The van der Waals surface area contributed by atoms with Gasteiger partial charge in [0.2, 0.25) is 0 Å². The second-order valence-electron chi connectivity index (χ2n) is 3.78. The number of hydrogen-bond acceptors (Lipinski definition) is 3. The zero-order chi connectivity index (χ0) is 11.7. The lowest BCUT2D eigenvalue weighted by Crippen LogP contribution is -2.06. The van der Waals surface area contributed by atoms with Gasteiger partial charge in [0.1, 0.15) is 5.76 Å². The van der Waals surface area contributed by atoms with Gasteiger partial charge in [-0.25, -0.2) is 0 Å². The highest BCUT2D eigenvalue weighted by Gasteiger charge is 2.12. The first-order valence-electron chi connectivity index (χ1n) is 5.08. The zero-order valence-electron chi connectivity index (χ0n) is 9.49.